The Hall–Kier alpha value is -1.32. The van der Waals surface area contributed by atoms with Gasteiger partial charge in [-0.2, -0.15) is 0 Å². The molecular weight excluding hydrogens is 294 g/mol. The summed E-state index contributed by atoms with van der Waals surface area (Å²) in [7, 11) is 0. The van der Waals surface area contributed by atoms with Crippen molar-refractivity contribution in [1.82, 2.24) is 4.57 Å². The van der Waals surface area contributed by atoms with E-state index in [1.54, 1.807) is 0 Å². The van der Waals surface area contributed by atoms with Gasteiger partial charge in [-0.1, -0.05) is 31.4 Å². The molecular formula is C18H19NS2. The van der Waals surface area contributed by atoms with Gasteiger partial charge in [0.25, 0.3) is 0 Å². The number of thiophene rings is 2. The van der Waals surface area contributed by atoms with Gasteiger partial charge in [-0.05, 0) is 47.9 Å². The van der Waals surface area contributed by atoms with Crippen molar-refractivity contribution in [3.8, 4) is 21.1 Å². The predicted molar refractivity (Wildman–Crippen MR) is 93.2 cm³/mol. The van der Waals surface area contributed by atoms with Gasteiger partial charge in [-0.15, -0.1) is 22.7 Å². The summed E-state index contributed by atoms with van der Waals surface area (Å²) in [6, 6.07) is 14.1. The lowest BCUT2D eigenvalue weighted by Crippen LogP contribution is -2.14. The third-order valence-corrected chi connectivity index (χ3v) is 6.19. The van der Waals surface area contributed by atoms with Crippen LogP contribution in [0.1, 0.15) is 38.1 Å². The second kappa shape index (κ2) is 5.82. The fourth-order valence-electron chi connectivity index (χ4n) is 3.43. The highest BCUT2D eigenvalue weighted by molar-refractivity contribution is 7.14. The normalized spacial score (nSPS) is 16.4. The topological polar surface area (TPSA) is 4.93 Å². The van der Waals surface area contributed by atoms with Crippen molar-refractivity contribution in [2.45, 2.75) is 38.1 Å². The largest absolute Gasteiger partial charge is 0.336 e. The first kappa shape index (κ1) is 13.4. The van der Waals surface area contributed by atoms with Gasteiger partial charge < -0.3 is 4.57 Å². The Morgan fingerprint density at radius 3 is 1.81 bits per heavy atom. The van der Waals surface area contributed by atoms with Gasteiger partial charge in [0.15, 0.2) is 0 Å². The van der Waals surface area contributed by atoms with Crippen LogP contribution in [0.5, 0.6) is 0 Å². The molecule has 1 fully saturated rings. The molecule has 4 rings (SSSR count). The zero-order valence-electron chi connectivity index (χ0n) is 12.0. The van der Waals surface area contributed by atoms with Crippen LogP contribution < -0.4 is 0 Å². The van der Waals surface area contributed by atoms with Gasteiger partial charge in [0.05, 0.1) is 21.1 Å². The Labute approximate surface area is 133 Å². The summed E-state index contributed by atoms with van der Waals surface area (Å²) >= 11 is 3.69. The molecule has 108 valence electrons. The summed E-state index contributed by atoms with van der Waals surface area (Å²) in [5.74, 6) is 0. The predicted octanol–water partition coefficient (Wildman–Crippen LogP) is 6.45. The van der Waals surface area contributed by atoms with Crippen LogP contribution in [-0.4, -0.2) is 4.57 Å². The molecule has 0 unspecified atom stereocenters. The standard InChI is InChI=1S/C18H19NS2/c1-2-6-14(7-3-1)19-15(17-8-4-12-20-17)10-11-16(19)18-9-5-13-21-18/h4-5,8-14H,1-3,6-7H2. The van der Waals surface area contributed by atoms with Crippen LogP contribution >= 0.6 is 22.7 Å². The summed E-state index contributed by atoms with van der Waals surface area (Å²) in [5, 5.41) is 4.36. The molecule has 0 amide bonds. The zero-order chi connectivity index (χ0) is 14.1. The molecule has 0 radical (unpaired) electrons. The molecule has 0 spiro atoms. The molecule has 0 bridgehead atoms. The van der Waals surface area contributed by atoms with Crippen LogP contribution in [-0.2, 0) is 0 Å². The van der Waals surface area contributed by atoms with E-state index in [1.807, 2.05) is 22.7 Å². The van der Waals surface area contributed by atoms with Crippen molar-refractivity contribution in [3.63, 3.8) is 0 Å². The van der Waals surface area contributed by atoms with Crippen molar-refractivity contribution < 1.29 is 0 Å². The number of rotatable bonds is 3. The Balaban J connectivity index is 1.84. The highest BCUT2D eigenvalue weighted by Gasteiger charge is 2.22. The minimum Gasteiger partial charge on any atom is -0.336 e. The number of aromatic nitrogens is 1. The van der Waals surface area contributed by atoms with Crippen LogP contribution in [0.15, 0.2) is 47.2 Å². The molecule has 0 saturated heterocycles. The minimum atomic E-state index is 0.669. The maximum Gasteiger partial charge on any atom is 0.0589 e. The van der Waals surface area contributed by atoms with E-state index >= 15 is 0 Å². The molecule has 21 heavy (non-hydrogen) atoms. The van der Waals surface area contributed by atoms with Crippen LogP contribution in [0.2, 0.25) is 0 Å². The highest BCUT2D eigenvalue weighted by atomic mass is 32.1. The molecule has 1 saturated carbocycles. The SMILES string of the molecule is c1csc(-c2ccc(-c3cccs3)n2C2CCCCC2)c1. The van der Waals surface area contributed by atoms with Crippen molar-refractivity contribution in [2.75, 3.05) is 0 Å². The lowest BCUT2D eigenvalue weighted by molar-refractivity contribution is 0.359. The van der Waals surface area contributed by atoms with E-state index in [-0.39, 0.29) is 0 Å². The second-order valence-corrected chi connectivity index (χ2v) is 7.62. The molecule has 1 nitrogen and oxygen atoms in total. The third-order valence-electron chi connectivity index (χ3n) is 4.41. The van der Waals surface area contributed by atoms with Crippen molar-refractivity contribution >= 4 is 22.7 Å². The lowest BCUT2D eigenvalue weighted by Gasteiger charge is -2.27. The molecule has 3 aromatic heterocycles. The summed E-state index contributed by atoms with van der Waals surface area (Å²) in [6.45, 7) is 0. The maximum atomic E-state index is 2.62. The molecule has 0 N–H and O–H groups in total. The van der Waals surface area contributed by atoms with E-state index in [0.29, 0.717) is 6.04 Å². The molecule has 1 aliphatic carbocycles. The smallest absolute Gasteiger partial charge is 0.0589 e. The second-order valence-electron chi connectivity index (χ2n) is 5.72. The Kier molecular flexibility index (Phi) is 3.70. The molecule has 0 aliphatic heterocycles. The van der Waals surface area contributed by atoms with Crippen molar-refractivity contribution in [3.05, 3.63) is 47.2 Å². The number of nitrogens with zero attached hydrogens (tertiary/aromatic N) is 1. The highest BCUT2D eigenvalue weighted by Crippen LogP contribution is 2.40. The average molecular weight is 313 g/mol. The fourth-order valence-corrected chi connectivity index (χ4v) is 4.93. The van der Waals surface area contributed by atoms with Crippen LogP contribution in [0.3, 0.4) is 0 Å². The van der Waals surface area contributed by atoms with Gasteiger partial charge in [0, 0.05) is 6.04 Å². The summed E-state index contributed by atoms with van der Waals surface area (Å²) in [6.07, 6.45) is 6.80. The molecule has 3 heterocycles. The van der Waals surface area contributed by atoms with Gasteiger partial charge >= 0.3 is 0 Å². The summed E-state index contributed by atoms with van der Waals surface area (Å²) in [5.41, 5.74) is 2.81. The van der Waals surface area contributed by atoms with Crippen molar-refractivity contribution in [2.24, 2.45) is 0 Å². The monoisotopic (exact) mass is 313 g/mol. The lowest BCUT2D eigenvalue weighted by atomic mass is 9.95. The first-order valence-corrected chi connectivity index (χ1v) is 9.48. The molecule has 3 aromatic rings. The van der Waals surface area contributed by atoms with Crippen molar-refractivity contribution in [1.29, 1.82) is 0 Å². The molecule has 0 atom stereocenters. The van der Waals surface area contributed by atoms with Crippen LogP contribution in [0.25, 0.3) is 21.1 Å². The quantitative estimate of drug-likeness (QED) is 0.523. The fraction of sp³-hybridized carbons (Fsp3) is 0.333. The Bertz CT molecular complexity index is 634. The zero-order valence-corrected chi connectivity index (χ0v) is 13.6. The van der Waals surface area contributed by atoms with Crippen LogP contribution in [0, 0.1) is 0 Å². The van der Waals surface area contributed by atoms with E-state index in [4.69, 9.17) is 0 Å². The summed E-state index contributed by atoms with van der Waals surface area (Å²) in [4.78, 5) is 2.78. The van der Waals surface area contributed by atoms with Gasteiger partial charge in [-0.25, -0.2) is 0 Å². The van der Waals surface area contributed by atoms with Crippen LogP contribution in [0.4, 0.5) is 0 Å². The maximum absolute atomic E-state index is 2.62. The first-order chi connectivity index (χ1) is 10.4. The van der Waals surface area contributed by atoms with E-state index < -0.39 is 0 Å². The van der Waals surface area contributed by atoms with E-state index in [1.165, 1.54) is 53.2 Å². The summed E-state index contributed by atoms with van der Waals surface area (Å²) < 4.78 is 2.62. The molecule has 1 aliphatic rings. The first-order valence-electron chi connectivity index (χ1n) is 7.72. The van der Waals surface area contributed by atoms with Gasteiger partial charge in [0.2, 0.25) is 0 Å². The molecule has 3 heteroatoms. The number of hydrogen-bond acceptors (Lipinski definition) is 2. The Morgan fingerprint density at radius 2 is 1.33 bits per heavy atom. The van der Waals surface area contributed by atoms with Gasteiger partial charge in [-0.3, -0.25) is 0 Å². The van der Waals surface area contributed by atoms with E-state index in [2.05, 4.69) is 51.7 Å². The minimum absolute atomic E-state index is 0.669. The number of hydrogen-bond donors (Lipinski definition) is 0. The molecule has 0 aromatic carbocycles. The third kappa shape index (κ3) is 2.49. The Morgan fingerprint density at radius 1 is 0.762 bits per heavy atom. The van der Waals surface area contributed by atoms with E-state index in [0.717, 1.165) is 0 Å². The van der Waals surface area contributed by atoms with E-state index in [9.17, 15) is 0 Å². The van der Waals surface area contributed by atoms with Gasteiger partial charge in [0.1, 0.15) is 0 Å². The average Bonchev–Trinajstić information content (AvgIpc) is 3.27.